The quantitative estimate of drug-likeness (QED) is 0.546. The lowest BCUT2D eigenvalue weighted by Gasteiger charge is -2.20. The number of carbonyl (C=O) groups is 2. The molecule has 2 aromatic carbocycles. The number of ether oxygens (including phenoxy) is 2. The summed E-state index contributed by atoms with van der Waals surface area (Å²) in [5.41, 5.74) is 3.69. The molecular formula is C22H22N2O4S. The molecular weight excluding hydrogens is 388 g/mol. The van der Waals surface area contributed by atoms with Crippen LogP contribution in [0.15, 0.2) is 47.8 Å². The summed E-state index contributed by atoms with van der Waals surface area (Å²) in [6.07, 6.45) is 0. The highest BCUT2D eigenvalue weighted by Gasteiger charge is 2.21. The van der Waals surface area contributed by atoms with Gasteiger partial charge in [0.2, 0.25) is 5.91 Å². The van der Waals surface area contributed by atoms with Crippen LogP contribution in [0.3, 0.4) is 0 Å². The van der Waals surface area contributed by atoms with Gasteiger partial charge in [0.25, 0.3) is 0 Å². The third-order valence-electron chi connectivity index (χ3n) is 4.18. The van der Waals surface area contributed by atoms with E-state index >= 15 is 0 Å². The van der Waals surface area contributed by atoms with Crippen LogP contribution in [0.5, 0.6) is 5.75 Å². The first-order chi connectivity index (χ1) is 13.9. The number of para-hydroxylation sites is 2. The SMILES string of the molecule is COc1ccccc1N(C(C)=O)c1nc(COC(=O)c2cc(C)cc(C)c2)cs1. The van der Waals surface area contributed by atoms with Gasteiger partial charge in [-0.15, -0.1) is 11.3 Å². The van der Waals surface area contributed by atoms with Crippen molar-refractivity contribution in [2.45, 2.75) is 27.4 Å². The number of aryl methyl sites for hydroxylation is 2. The second-order valence-electron chi connectivity index (χ2n) is 6.60. The number of methoxy groups -OCH3 is 1. The maximum absolute atomic E-state index is 12.3. The summed E-state index contributed by atoms with van der Waals surface area (Å²) in [7, 11) is 1.55. The molecule has 0 unspecified atom stereocenters. The van der Waals surface area contributed by atoms with Gasteiger partial charge in [-0.3, -0.25) is 9.69 Å². The van der Waals surface area contributed by atoms with E-state index < -0.39 is 5.97 Å². The number of carbonyl (C=O) groups excluding carboxylic acids is 2. The first-order valence-electron chi connectivity index (χ1n) is 9.02. The fraction of sp³-hybridized carbons (Fsp3) is 0.227. The van der Waals surface area contributed by atoms with Crippen molar-refractivity contribution in [2.24, 2.45) is 0 Å². The molecule has 1 aromatic heterocycles. The third kappa shape index (κ3) is 4.81. The minimum absolute atomic E-state index is 0.0278. The number of aromatic nitrogens is 1. The van der Waals surface area contributed by atoms with Crippen LogP contribution >= 0.6 is 11.3 Å². The summed E-state index contributed by atoms with van der Waals surface area (Å²) < 4.78 is 10.8. The Bertz CT molecular complexity index is 1020. The number of esters is 1. The van der Waals surface area contributed by atoms with Gasteiger partial charge in [0.15, 0.2) is 5.13 Å². The Balaban J connectivity index is 1.77. The van der Waals surface area contributed by atoms with Crippen LogP contribution in [0.4, 0.5) is 10.8 Å². The van der Waals surface area contributed by atoms with Gasteiger partial charge in [0.1, 0.15) is 12.4 Å². The van der Waals surface area contributed by atoms with Crippen molar-refractivity contribution in [1.82, 2.24) is 4.98 Å². The molecule has 0 spiro atoms. The lowest BCUT2D eigenvalue weighted by atomic mass is 10.1. The Morgan fingerprint density at radius 3 is 2.45 bits per heavy atom. The van der Waals surface area contributed by atoms with E-state index in [0.29, 0.717) is 27.8 Å². The van der Waals surface area contributed by atoms with Gasteiger partial charge in [-0.2, -0.15) is 0 Å². The Hall–Kier alpha value is -3.19. The van der Waals surface area contributed by atoms with Gasteiger partial charge >= 0.3 is 5.97 Å². The second kappa shape index (κ2) is 8.87. The monoisotopic (exact) mass is 410 g/mol. The molecule has 0 aliphatic rings. The Morgan fingerprint density at radius 2 is 1.79 bits per heavy atom. The molecule has 3 rings (SSSR count). The normalized spacial score (nSPS) is 10.5. The van der Waals surface area contributed by atoms with Gasteiger partial charge in [0.05, 0.1) is 24.1 Å². The van der Waals surface area contributed by atoms with Crippen LogP contribution in [0.2, 0.25) is 0 Å². The third-order valence-corrected chi connectivity index (χ3v) is 5.06. The van der Waals surface area contributed by atoms with E-state index in [1.807, 2.05) is 32.0 Å². The zero-order valence-electron chi connectivity index (χ0n) is 16.8. The predicted octanol–water partition coefficient (Wildman–Crippen LogP) is 4.81. The smallest absolute Gasteiger partial charge is 0.338 e. The van der Waals surface area contributed by atoms with Gasteiger partial charge in [-0.25, -0.2) is 9.78 Å². The molecule has 7 heteroatoms. The molecule has 150 valence electrons. The Labute approximate surface area is 173 Å². The first-order valence-corrected chi connectivity index (χ1v) is 9.90. The van der Waals surface area contributed by atoms with Crippen LogP contribution in [0.25, 0.3) is 0 Å². The minimum atomic E-state index is -0.403. The number of hydrogen-bond acceptors (Lipinski definition) is 6. The zero-order valence-corrected chi connectivity index (χ0v) is 17.6. The number of amides is 1. The summed E-state index contributed by atoms with van der Waals surface area (Å²) in [6.45, 7) is 5.36. The summed E-state index contributed by atoms with van der Waals surface area (Å²) >= 11 is 1.30. The topological polar surface area (TPSA) is 68.7 Å². The fourth-order valence-corrected chi connectivity index (χ4v) is 3.87. The number of nitrogens with zero attached hydrogens (tertiary/aromatic N) is 2. The van der Waals surface area contributed by atoms with E-state index in [1.165, 1.54) is 23.2 Å². The van der Waals surface area contributed by atoms with Crippen molar-refractivity contribution in [2.75, 3.05) is 12.0 Å². The molecule has 3 aromatic rings. The van der Waals surface area contributed by atoms with Crippen LogP contribution in [0.1, 0.15) is 34.1 Å². The molecule has 0 aliphatic carbocycles. The number of thiazole rings is 1. The minimum Gasteiger partial charge on any atom is -0.495 e. The van der Waals surface area contributed by atoms with E-state index in [4.69, 9.17) is 9.47 Å². The van der Waals surface area contributed by atoms with E-state index in [2.05, 4.69) is 4.98 Å². The molecule has 0 saturated carbocycles. The van der Waals surface area contributed by atoms with Gasteiger partial charge in [0, 0.05) is 12.3 Å². The first kappa shape index (κ1) is 20.5. The zero-order chi connectivity index (χ0) is 21.0. The molecule has 0 fully saturated rings. The molecule has 0 N–H and O–H groups in total. The van der Waals surface area contributed by atoms with E-state index in [-0.39, 0.29) is 12.5 Å². The van der Waals surface area contributed by atoms with Gasteiger partial charge < -0.3 is 9.47 Å². The molecule has 0 atom stereocenters. The van der Waals surface area contributed by atoms with Crippen molar-refractivity contribution >= 4 is 34.0 Å². The van der Waals surface area contributed by atoms with Crippen LogP contribution in [-0.4, -0.2) is 24.0 Å². The summed E-state index contributed by atoms with van der Waals surface area (Å²) in [5.74, 6) is -0.0252. The number of benzene rings is 2. The molecule has 0 aliphatic heterocycles. The Kier molecular flexibility index (Phi) is 6.29. The average Bonchev–Trinajstić information content (AvgIpc) is 3.14. The summed E-state index contributed by atoms with van der Waals surface area (Å²) in [5, 5.41) is 2.26. The number of anilines is 2. The largest absolute Gasteiger partial charge is 0.495 e. The standard InChI is InChI=1S/C22H22N2O4S/c1-14-9-15(2)11-17(10-14)21(26)28-12-18-13-29-22(23-18)24(16(3)25)19-7-5-6-8-20(19)27-4/h5-11,13H,12H2,1-4H3. The van der Waals surface area contributed by atoms with E-state index in [9.17, 15) is 9.59 Å². The number of hydrogen-bond donors (Lipinski definition) is 0. The maximum Gasteiger partial charge on any atom is 0.338 e. The van der Waals surface area contributed by atoms with E-state index in [1.54, 1.807) is 36.8 Å². The van der Waals surface area contributed by atoms with E-state index in [0.717, 1.165) is 11.1 Å². The van der Waals surface area contributed by atoms with Crippen LogP contribution in [-0.2, 0) is 16.1 Å². The molecule has 1 heterocycles. The maximum atomic E-state index is 12.3. The van der Waals surface area contributed by atoms with Gasteiger partial charge in [-0.05, 0) is 38.1 Å². The fourth-order valence-electron chi connectivity index (χ4n) is 3.00. The number of rotatable bonds is 6. The highest BCUT2D eigenvalue weighted by Crippen LogP contribution is 2.35. The average molecular weight is 410 g/mol. The molecule has 6 nitrogen and oxygen atoms in total. The molecule has 0 bridgehead atoms. The summed E-state index contributed by atoms with van der Waals surface area (Å²) in [6, 6.07) is 12.8. The van der Waals surface area contributed by atoms with Crippen molar-refractivity contribution < 1.29 is 19.1 Å². The lowest BCUT2D eigenvalue weighted by Crippen LogP contribution is -2.23. The molecule has 0 saturated heterocycles. The summed E-state index contributed by atoms with van der Waals surface area (Å²) in [4.78, 5) is 30.6. The highest BCUT2D eigenvalue weighted by atomic mass is 32.1. The predicted molar refractivity (Wildman–Crippen MR) is 113 cm³/mol. The van der Waals surface area contributed by atoms with Crippen LogP contribution < -0.4 is 9.64 Å². The van der Waals surface area contributed by atoms with Crippen molar-refractivity contribution in [3.63, 3.8) is 0 Å². The molecule has 0 radical (unpaired) electrons. The van der Waals surface area contributed by atoms with Gasteiger partial charge in [-0.1, -0.05) is 29.3 Å². The lowest BCUT2D eigenvalue weighted by molar-refractivity contribution is -0.115. The second-order valence-corrected chi connectivity index (χ2v) is 7.44. The highest BCUT2D eigenvalue weighted by molar-refractivity contribution is 7.14. The molecule has 29 heavy (non-hydrogen) atoms. The molecule has 1 amide bonds. The Morgan fingerprint density at radius 1 is 1.10 bits per heavy atom. The van der Waals surface area contributed by atoms with Crippen molar-refractivity contribution in [3.05, 3.63) is 70.2 Å². The van der Waals surface area contributed by atoms with Crippen molar-refractivity contribution in [3.8, 4) is 5.75 Å². The van der Waals surface area contributed by atoms with Crippen molar-refractivity contribution in [1.29, 1.82) is 0 Å². The van der Waals surface area contributed by atoms with Crippen LogP contribution in [0, 0.1) is 13.8 Å².